The van der Waals surface area contributed by atoms with Crippen LogP contribution < -0.4 is 5.32 Å². The highest BCUT2D eigenvalue weighted by Gasteiger charge is 2.12. The Morgan fingerprint density at radius 1 is 1.50 bits per heavy atom. The molecule has 1 rings (SSSR count). The first-order chi connectivity index (χ1) is 7.61. The first-order valence-corrected chi connectivity index (χ1v) is 5.02. The zero-order valence-electron chi connectivity index (χ0n) is 9.02. The monoisotopic (exact) mass is 226 g/mol. The molecule has 0 aliphatic heterocycles. The molecule has 0 bridgehead atoms. The van der Waals surface area contributed by atoms with Crippen molar-refractivity contribution in [2.75, 3.05) is 6.54 Å². The van der Waals surface area contributed by atoms with Gasteiger partial charge in [-0.3, -0.25) is 9.59 Å². The Bertz CT molecular complexity index is 373. The molecular formula is C10H14N2O4. The smallest absolute Gasteiger partial charge is 0.303 e. The average Bonchev–Trinajstić information content (AvgIpc) is 2.63. The van der Waals surface area contributed by atoms with Gasteiger partial charge in [-0.15, -0.1) is 0 Å². The van der Waals surface area contributed by atoms with Gasteiger partial charge in [0, 0.05) is 18.5 Å². The maximum absolute atomic E-state index is 11.5. The van der Waals surface area contributed by atoms with Crippen molar-refractivity contribution < 1.29 is 19.2 Å². The maximum Gasteiger partial charge on any atom is 0.303 e. The predicted molar refractivity (Wildman–Crippen MR) is 55.1 cm³/mol. The van der Waals surface area contributed by atoms with Crippen LogP contribution >= 0.6 is 0 Å². The summed E-state index contributed by atoms with van der Waals surface area (Å²) >= 11 is 0. The van der Waals surface area contributed by atoms with Gasteiger partial charge in [-0.2, -0.15) is 0 Å². The highest BCUT2D eigenvalue weighted by molar-refractivity contribution is 5.92. The number of nitrogens with one attached hydrogen (secondary N) is 1. The van der Waals surface area contributed by atoms with E-state index in [9.17, 15) is 9.59 Å². The lowest BCUT2D eigenvalue weighted by atomic mass is 10.2. The molecule has 0 aliphatic carbocycles. The molecule has 2 N–H and O–H groups in total. The van der Waals surface area contributed by atoms with Crippen molar-refractivity contribution >= 4 is 11.9 Å². The van der Waals surface area contributed by atoms with Gasteiger partial charge >= 0.3 is 5.97 Å². The zero-order valence-corrected chi connectivity index (χ0v) is 9.02. The lowest BCUT2D eigenvalue weighted by Crippen LogP contribution is -2.24. The average molecular weight is 226 g/mol. The Morgan fingerprint density at radius 2 is 2.25 bits per heavy atom. The predicted octanol–water partition coefficient (Wildman–Crippen LogP) is 0.968. The first-order valence-electron chi connectivity index (χ1n) is 5.02. The van der Waals surface area contributed by atoms with Crippen LogP contribution in [0.15, 0.2) is 10.7 Å². The van der Waals surface area contributed by atoms with Crippen molar-refractivity contribution in [3.8, 4) is 0 Å². The number of carbonyl (C=O) groups is 2. The lowest BCUT2D eigenvalue weighted by molar-refractivity contribution is -0.137. The summed E-state index contributed by atoms with van der Waals surface area (Å²) in [5.74, 6) is -0.930. The Kier molecular flexibility index (Phi) is 4.50. The number of amides is 1. The Balaban J connectivity index is 2.21. The van der Waals surface area contributed by atoms with Crippen LogP contribution in [-0.4, -0.2) is 28.7 Å². The van der Waals surface area contributed by atoms with Crippen molar-refractivity contribution in [2.24, 2.45) is 0 Å². The van der Waals surface area contributed by atoms with Crippen molar-refractivity contribution in [2.45, 2.75) is 26.2 Å². The number of aryl methyl sites for hydroxylation is 1. The van der Waals surface area contributed by atoms with Crippen LogP contribution in [0.25, 0.3) is 0 Å². The summed E-state index contributed by atoms with van der Waals surface area (Å²) in [6.07, 6.45) is 2.77. The van der Waals surface area contributed by atoms with Crippen LogP contribution in [0.4, 0.5) is 0 Å². The normalized spacial score (nSPS) is 10.1. The molecule has 0 aromatic carbocycles. The maximum atomic E-state index is 11.5. The number of carbonyl (C=O) groups excluding carboxylic acids is 1. The van der Waals surface area contributed by atoms with Crippen LogP contribution in [0, 0.1) is 6.92 Å². The van der Waals surface area contributed by atoms with E-state index in [0.717, 1.165) is 0 Å². The molecule has 0 aliphatic rings. The van der Waals surface area contributed by atoms with E-state index in [4.69, 9.17) is 9.63 Å². The van der Waals surface area contributed by atoms with Crippen molar-refractivity contribution in [1.29, 1.82) is 0 Å². The van der Waals surface area contributed by atoms with Gasteiger partial charge in [0.25, 0.3) is 5.91 Å². The van der Waals surface area contributed by atoms with E-state index in [2.05, 4.69) is 10.5 Å². The summed E-state index contributed by atoms with van der Waals surface area (Å²) in [7, 11) is 0. The summed E-state index contributed by atoms with van der Waals surface area (Å²) in [6, 6.07) is 0. The fourth-order valence-electron chi connectivity index (χ4n) is 1.19. The second-order valence-corrected chi connectivity index (χ2v) is 3.44. The standard InChI is InChI=1S/C10H14N2O4/c1-7-6-12-16-9(7)10(15)11-5-3-2-4-8(13)14/h6H,2-5H2,1H3,(H,11,15)(H,13,14). The Morgan fingerprint density at radius 3 is 2.81 bits per heavy atom. The zero-order chi connectivity index (χ0) is 12.0. The van der Waals surface area contributed by atoms with Crippen molar-refractivity contribution in [3.05, 3.63) is 17.5 Å². The van der Waals surface area contributed by atoms with E-state index in [1.54, 1.807) is 6.92 Å². The molecule has 1 aromatic heterocycles. The van der Waals surface area contributed by atoms with Gasteiger partial charge in [0.05, 0.1) is 6.20 Å². The molecule has 1 amide bonds. The van der Waals surface area contributed by atoms with E-state index in [1.165, 1.54) is 6.20 Å². The van der Waals surface area contributed by atoms with Crippen LogP contribution in [-0.2, 0) is 4.79 Å². The van der Waals surface area contributed by atoms with Crippen LogP contribution in [0.2, 0.25) is 0 Å². The number of carboxylic acids is 1. The van der Waals surface area contributed by atoms with Gasteiger partial charge in [0.15, 0.2) is 0 Å². The lowest BCUT2D eigenvalue weighted by Gasteiger charge is -2.01. The van der Waals surface area contributed by atoms with Gasteiger partial charge < -0.3 is 14.9 Å². The SMILES string of the molecule is Cc1cnoc1C(=O)NCCCCC(=O)O. The van der Waals surface area contributed by atoms with E-state index >= 15 is 0 Å². The van der Waals surface area contributed by atoms with E-state index < -0.39 is 5.97 Å². The van der Waals surface area contributed by atoms with Gasteiger partial charge in [-0.25, -0.2) is 0 Å². The third kappa shape index (κ3) is 3.72. The number of nitrogens with zero attached hydrogens (tertiary/aromatic N) is 1. The molecule has 6 nitrogen and oxygen atoms in total. The third-order valence-electron chi connectivity index (χ3n) is 2.06. The highest BCUT2D eigenvalue weighted by atomic mass is 16.5. The van der Waals surface area contributed by atoms with Crippen LogP contribution in [0.5, 0.6) is 0 Å². The molecule has 0 fully saturated rings. The fraction of sp³-hybridized carbons (Fsp3) is 0.500. The second kappa shape index (κ2) is 5.89. The molecule has 6 heteroatoms. The summed E-state index contributed by atoms with van der Waals surface area (Å²) in [6.45, 7) is 2.17. The van der Waals surface area contributed by atoms with Crippen LogP contribution in [0.3, 0.4) is 0 Å². The minimum atomic E-state index is -0.822. The number of rotatable bonds is 6. The second-order valence-electron chi connectivity index (χ2n) is 3.44. The van der Waals surface area contributed by atoms with E-state index in [1.807, 2.05) is 0 Å². The summed E-state index contributed by atoms with van der Waals surface area (Å²) in [5.41, 5.74) is 0.683. The van der Waals surface area contributed by atoms with Gasteiger partial charge in [-0.05, 0) is 19.8 Å². The molecule has 1 aromatic rings. The Labute approximate surface area is 92.6 Å². The largest absolute Gasteiger partial charge is 0.481 e. The number of unbranched alkanes of at least 4 members (excludes halogenated alkanes) is 1. The third-order valence-corrected chi connectivity index (χ3v) is 2.06. The quantitative estimate of drug-likeness (QED) is 0.705. The first kappa shape index (κ1) is 12.2. The molecule has 0 atom stereocenters. The molecule has 0 spiro atoms. The minimum absolute atomic E-state index is 0.122. The molecule has 0 unspecified atom stereocenters. The van der Waals surface area contributed by atoms with Crippen molar-refractivity contribution in [1.82, 2.24) is 10.5 Å². The molecule has 0 saturated carbocycles. The molecule has 88 valence electrons. The number of hydrogen-bond acceptors (Lipinski definition) is 4. The van der Waals surface area contributed by atoms with Gasteiger partial charge in [-0.1, -0.05) is 5.16 Å². The number of aromatic nitrogens is 1. The molecule has 16 heavy (non-hydrogen) atoms. The molecule has 1 heterocycles. The fourth-order valence-corrected chi connectivity index (χ4v) is 1.19. The van der Waals surface area contributed by atoms with Gasteiger partial charge in [0.2, 0.25) is 5.76 Å². The topological polar surface area (TPSA) is 92.4 Å². The number of hydrogen-bond donors (Lipinski definition) is 2. The molecule has 0 radical (unpaired) electrons. The summed E-state index contributed by atoms with van der Waals surface area (Å²) < 4.78 is 4.77. The van der Waals surface area contributed by atoms with E-state index in [0.29, 0.717) is 24.9 Å². The summed E-state index contributed by atoms with van der Waals surface area (Å²) in [4.78, 5) is 21.7. The highest BCUT2D eigenvalue weighted by Crippen LogP contribution is 2.05. The van der Waals surface area contributed by atoms with E-state index in [-0.39, 0.29) is 18.1 Å². The number of carboxylic acid groups (broad SMARTS) is 1. The Hall–Kier alpha value is -1.85. The molecule has 0 saturated heterocycles. The summed E-state index contributed by atoms with van der Waals surface area (Å²) in [5, 5.41) is 14.5. The van der Waals surface area contributed by atoms with Crippen molar-refractivity contribution in [3.63, 3.8) is 0 Å². The van der Waals surface area contributed by atoms with Crippen LogP contribution in [0.1, 0.15) is 35.4 Å². The molecular weight excluding hydrogens is 212 g/mol. The minimum Gasteiger partial charge on any atom is -0.481 e. The number of aliphatic carboxylic acids is 1. The van der Waals surface area contributed by atoms with Gasteiger partial charge in [0.1, 0.15) is 0 Å².